The quantitative estimate of drug-likeness (QED) is 0.313. The Morgan fingerprint density at radius 2 is 2.10 bits per heavy atom. The lowest BCUT2D eigenvalue weighted by atomic mass is 9.99. The van der Waals surface area contributed by atoms with Crippen LogP contribution >= 0.6 is 27.3 Å². The third-order valence-electron chi connectivity index (χ3n) is 4.82. The molecular formula is C24H20BrNO3S. The van der Waals surface area contributed by atoms with E-state index in [-0.39, 0.29) is 5.91 Å². The maximum atomic E-state index is 12.4. The highest BCUT2D eigenvalue weighted by molar-refractivity contribution is 9.10. The fraction of sp³-hybridized carbons (Fsp3) is 0.125. The van der Waals surface area contributed by atoms with E-state index in [2.05, 4.69) is 27.3 Å². The molecule has 0 spiro atoms. The van der Waals surface area contributed by atoms with Crippen molar-refractivity contribution in [1.82, 2.24) is 5.32 Å². The van der Waals surface area contributed by atoms with Crippen molar-refractivity contribution in [2.24, 2.45) is 0 Å². The maximum absolute atomic E-state index is 12.4. The Kier molecular flexibility index (Phi) is 6.06. The zero-order valence-electron chi connectivity index (χ0n) is 16.6. The molecular weight excluding hydrogens is 462 g/mol. The highest BCUT2D eigenvalue weighted by Crippen LogP contribution is 2.37. The normalized spacial score (nSPS) is 11.6. The molecule has 2 aromatic heterocycles. The molecule has 1 amide bonds. The van der Waals surface area contributed by atoms with Gasteiger partial charge in [0, 0.05) is 38.0 Å². The van der Waals surface area contributed by atoms with Crippen LogP contribution in [-0.4, -0.2) is 13.0 Å². The summed E-state index contributed by atoms with van der Waals surface area (Å²) in [6, 6.07) is 15.9. The number of ether oxygens (including phenoxy) is 1. The highest BCUT2D eigenvalue weighted by atomic mass is 79.9. The largest absolute Gasteiger partial charge is 0.496 e. The summed E-state index contributed by atoms with van der Waals surface area (Å²) < 4.78 is 12.4. The number of carbonyl (C=O) groups is 1. The maximum Gasteiger partial charge on any atom is 0.244 e. The molecule has 4 nitrogen and oxygen atoms in total. The number of methoxy groups -OCH3 is 1. The van der Waals surface area contributed by atoms with Gasteiger partial charge in [0.05, 0.1) is 19.9 Å². The van der Waals surface area contributed by atoms with Crippen molar-refractivity contribution in [3.63, 3.8) is 0 Å². The van der Waals surface area contributed by atoms with E-state index in [1.807, 2.05) is 54.8 Å². The number of nitrogens with one attached hydrogen (secondary N) is 1. The summed E-state index contributed by atoms with van der Waals surface area (Å²) in [5.41, 5.74) is 4.45. The fourth-order valence-electron chi connectivity index (χ4n) is 3.32. The van der Waals surface area contributed by atoms with Crippen LogP contribution in [0, 0.1) is 0 Å². The number of thiophene rings is 1. The number of fused-ring (bicyclic) bond motifs is 1. The first-order valence-corrected chi connectivity index (χ1v) is 11.1. The van der Waals surface area contributed by atoms with Crippen molar-refractivity contribution < 1.29 is 13.9 Å². The van der Waals surface area contributed by atoms with Crippen molar-refractivity contribution in [3.05, 3.63) is 81.2 Å². The SMILES string of the molecule is COc1cc2occ(-c3cccc(Br)c3)c2cc1/C(C)=C/C(=O)NCc1cccs1. The van der Waals surface area contributed by atoms with Crippen LogP contribution in [0.4, 0.5) is 0 Å². The number of hydrogen-bond donors (Lipinski definition) is 1. The Morgan fingerprint density at radius 1 is 1.23 bits per heavy atom. The Hall–Kier alpha value is -2.83. The summed E-state index contributed by atoms with van der Waals surface area (Å²) in [6.07, 6.45) is 3.36. The van der Waals surface area contributed by atoms with Gasteiger partial charge in [0.2, 0.25) is 5.91 Å². The van der Waals surface area contributed by atoms with Crippen LogP contribution in [-0.2, 0) is 11.3 Å². The first-order valence-electron chi connectivity index (χ1n) is 9.39. The molecule has 0 atom stereocenters. The second kappa shape index (κ2) is 8.90. The van der Waals surface area contributed by atoms with E-state index in [4.69, 9.17) is 9.15 Å². The molecule has 0 aliphatic heterocycles. The third kappa shape index (κ3) is 4.35. The van der Waals surface area contributed by atoms with E-state index in [0.29, 0.717) is 12.3 Å². The van der Waals surface area contributed by atoms with E-state index < -0.39 is 0 Å². The highest BCUT2D eigenvalue weighted by Gasteiger charge is 2.15. The van der Waals surface area contributed by atoms with Gasteiger partial charge in [-0.3, -0.25) is 4.79 Å². The fourth-order valence-corrected chi connectivity index (χ4v) is 4.37. The van der Waals surface area contributed by atoms with Gasteiger partial charge in [-0.2, -0.15) is 0 Å². The van der Waals surface area contributed by atoms with E-state index >= 15 is 0 Å². The van der Waals surface area contributed by atoms with Crippen molar-refractivity contribution in [1.29, 1.82) is 0 Å². The van der Waals surface area contributed by atoms with Crippen molar-refractivity contribution in [2.75, 3.05) is 7.11 Å². The van der Waals surface area contributed by atoms with Crippen LogP contribution in [0.25, 0.3) is 27.7 Å². The molecule has 0 unspecified atom stereocenters. The summed E-state index contributed by atoms with van der Waals surface area (Å²) in [7, 11) is 1.62. The van der Waals surface area contributed by atoms with E-state index in [0.717, 1.165) is 42.6 Å². The average Bonchev–Trinajstić information content (AvgIpc) is 3.40. The molecule has 0 radical (unpaired) electrons. The van der Waals surface area contributed by atoms with Gasteiger partial charge < -0.3 is 14.5 Å². The van der Waals surface area contributed by atoms with Gasteiger partial charge in [-0.05, 0) is 47.7 Å². The minimum atomic E-state index is -0.137. The molecule has 6 heteroatoms. The van der Waals surface area contributed by atoms with Gasteiger partial charge >= 0.3 is 0 Å². The smallest absolute Gasteiger partial charge is 0.244 e. The van der Waals surface area contributed by atoms with E-state index in [9.17, 15) is 4.79 Å². The standard InChI is InChI=1S/C24H20BrNO3S/c1-15(9-24(27)26-13-18-7-4-8-30-18)19-11-20-21(16-5-3-6-17(25)10-16)14-29-23(20)12-22(19)28-2/h3-12,14H,13H2,1-2H3,(H,26,27)/b15-9+. The van der Waals surface area contributed by atoms with Crippen LogP contribution in [0.15, 0.2) is 75.1 Å². The number of rotatable bonds is 6. The number of benzene rings is 2. The van der Waals surface area contributed by atoms with Gasteiger partial charge in [0.15, 0.2) is 0 Å². The number of allylic oxidation sites excluding steroid dienone is 1. The Morgan fingerprint density at radius 3 is 2.83 bits per heavy atom. The zero-order valence-corrected chi connectivity index (χ0v) is 19.0. The predicted octanol–water partition coefficient (Wildman–Crippen LogP) is 6.65. The molecule has 0 aliphatic rings. The molecule has 2 aromatic carbocycles. The molecule has 0 aliphatic carbocycles. The van der Waals surface area contributed by atoms with E-state index in [1.165, 1.54) is 0 Å². The molecule has 1 N–H and O–H groups in total. The average molecular weight is 482 g/mol. The van der Waals surface area contributed by atoms with Crippen molar-refractivity contribution in [2.45, 2.75) is 13.5 Å². The van der Waals surface area contributed by atoms with Gasteiger partial charge in [-0.25, -0.2) is 0 Å². The van der Waals surface area contributed by atoms with Crippen LogP contribution < -0.4 is 10.1 Å². The van der Waals surface area contributed by atoms with Gasteiger partial charge in [0.1, 0.15) is 11.3 Å². The molecule has 4 aromatic rings. The number of halogens is 1. The number of furan rings is 1. The van der Waals surface area contributed by atoms with Crippen molar-refractivity contribution >= 4 is 49.7 Å². The molecule has 4 rings (SSSR count). The van der Waals surface area contributed by atoms with Crippen molar-refractivity contribution in [3.8, 4) is 16.9 Å². The number of amides is 1. The molecule has 0 saturated carbocycles. The zero-order chi connectivity index (χ0) is 21.1. The summed E-state index contributed by atoms with van der Waals surface area (Å²) in [6.45, 7) is 2.43. The summed E-state index contributed by atoms with van der Waals surface area (Å²) >= 11 is 5.14. The van der Waals surface area contributed by atoms with E-state index in [1.54, 1.807) is 30.8 Å². The molecule has 2 heterocycles. The van der Waals surface area contributed by atoms with Crippen LogP contribution in [0.5, 0.6) is 5.75 Å². The first-order chi connectivity index (χ1) is 14.5. The summed E-state index contributed by atoms with van der Waals surface area (Å²) in [4.78, 5) is 13.5. The molecule has 0 saturated heterocycles. The first kappa shape index (κ1) is 20.4. The monoisotopic (exact) mass is 481 g/mol. The van der Waals surface area contributed by atoms with Gasteiger partial charge in [0.25, 0.3) is 0 Å². The van der Waals surface area contributed by atoms with Crippen LogP contribution in [0.1, 0.15) is 17.4 Å². The molecule has 0 fully saturated rings. The Bertz CT molecular complexity index is 1220. The number of hydrogen-bond acceptors (Lipinski definition) is 4. The minimum absolute atomic E-state index is 0.137. The topological polar surface area (TPSA) is 51.5 Å². The molecule has 0 bridgehead atoms. The van der Waals surface area contributed by atoms with Gasteiger partial charge in [-0.1, -0.05) is 34.1 Å². The lowest BCUT2D eigenvalue weighted by Crippen LogP contribution is -2.20. The lowest BCUT2D eigenvalue weighted by molar-refractivity contribution is -0.116. The summed E-state index contributed by atoms with van der Waals surface area (Å²) in [5, 5.41) is 5.89. The Balaban J connectivity index is 1.68. The minimum Gasteiger partial charge on any atom is -0.496 e. The third-order valence-corrected chi connectivity index (χ3v) is 6.19. The van der Waals surface area contributed by atoms with Crippen LogP contribution in [0.3, 0.4) is 0 Å². The van der Waals surface area contributed by atoms with Gasteiger partial charge in [-0.15, -0.1) is 11.3 Å². The lowest BCUT2D eigenvalue weighted by Gasteiger charge is -2.10. The van der Waals surface area contributed by atoms with Crippen LogP contribution in [0.2, 0.25) is 0 Å². The Labute approximate surface area is 187 Å². The molecule has 152 valence electrons. The predicted molar refractivity (Wildman–Crippen MR) is 126 cm³/mol. The summed E-state index contributed by atoms with van der Waals surface area (Å²) in [5.74, 6) is 0.528. The number of carbonyl (C=O) groups excluding carboxylic acids is 1. The second-order valence-corrected chi connectivity index (χ2v) is 8.78. The molecule has 30 heavy (non-hydrogen) atoms. The second-order valence-electron chi connectivity index (χ2n) is 6.83.